The second-order valence-electron chi connectivity index (χ2n) is 28.6. The number of nitrogens with one attached hydrogen (secondary N) is 16. The highest BCUT2D eigenvalue weighted by Gasteiger charge is 2.54. The fraction of sp³-hybridized carbons (Fsp3) is 0.528. The zero-order chi connectivity index (χ0) is 81.4. The van der Waals surface area contributed by atoms with Crippen LogP contribution in [-0.4, -0.2) is 185 Å². The second-order valence-corrected chi connectivity index (χ2v) is 29.0. The molecule has 37 nitrogen and oxygen atoms in total. The van der Waals surface area contributed by atoms with Crippen LogP contribution in [0.2, 0.25) is 0 Å². The smallest absolute Gasteiger partial charge is 0.340 e. The molecule has 0 bridgehead atoms. The normalized spacial score (nSPS) is 18.3. The summed E-state index contributed by atoms with van der Waals surface area (Å²) < 4.78 is 12.2. The van der Waals surface area contributed by atoms with Crippen molar-refractivity contribution in [3.63, 3.8) is 0 Å². The average molecular weight is 1550 g/mol. The Morgan fingerprint density at radius 3 is 1.72 bits per heavy atom. The Morgan fingerprint density at radius 1 is 0.627 bits per heavy atom. The van der Waals surface area contributed by atoms with Crippen molar-refractivity contribution >= 4 is 112 Å². The molecule has 3 aromatic carbocycles. The summed E-state index contributed by atoms with van der Waals surface area (Å²) >= 11 is 5.51. The van der Waals surface area contributed by atoms with Crippen LogP contribution in [0.15, 0.2) is 54.6 Å². The molecule has 12 amide bonds. The summed E-state index contributed by atoms with van der Waals surface area (Å²) in [7, 11) is 0. The number of benzene rings is 3. The molecule has 0 radical (unpaired) electrons. The monoisotopic (exact) mass is 1550 g/mol. The van der Waals surface area contributed by atoms with Gasteiger partial charge >= 0.3 is 5.97 Å². The number of carbonyl (C=O) groups excluding carboxylic acids is 13. The van der Waals surface area contributed by atoms with Crippen molar-refractivity contribution in [1.29, 1.82) is 10.8 Å². The van der Waals surface area contributed by atoms with Crippen LogP contribution >= 0.6 is 12.2 Å². The van der Waals surface area contributed by atoms with Crippen molar-refractivity contribution in [2.24, 2.45) is 46.6 Å². The number of carbonyl (C=O) groups is 13. The first kappa shape index (κ1) is 87.5. The zero-order valence-corrected chi connectivity index (χ0v) is 63.6. The molecule has 110 heavy (non-hydrogen) atoms. The number of anilines is 1. The Morgan fingerprint density at radius 2 is 1.18 bits per heavy atom. The Balaban J connectivity index is 1.23. The molecule has 6 rings (SSSR count). The molecule has 3 aromatic rings. The van der Waals surface area contributed by atoms with Gasteiger partial charge in [-0.25, -0.2) is 4.79 Å². The maximum absolute atomic E-state index is 15.0. The van der Waals surface area contributed by atoms with Crippen LogP contribution in [0, 0.1) is 34.5 Å². The van der Waals surface area contributed by atoms with Gasteiger partial charge in [-0.05, 0) is 124 Å². The maximum Gasteiger partial charge on any atom is 0.340 e. The molecule has 26 N–H and O–H groups in total. The summed E-state index contributed by atoms with van der Waals surface area (Å²) in [6.07, 6.45) is -1.37. The van der Waals surface area contributed by atoms with E-state index in [-0.39, 0.29) is 147 Å². The molecule has 1 unspecified atom stereocenters. The van der Waals surface area contributed by atoms with Gasteiger partial charge in [-0.15, -0.1) is 0 Å². The second kappa shape index (κ2) is 40.7. The van der Waals surface area contributed by atoms with E-state index in [1.807, 2.05) is 0 Å². The van der Waals surface area contributed by atoms with Gasteiger partial charge in [0.15, 0.2) is 22.6 Å². The van der Waals surface area contributed by atoms with Gasteiger partial charge in [0.25, 0.3) is 0 Å². The largest absolute Gasteiger partial charge is 0.508 e. The number of aromatic hydroxyl groups is 2. The van der Waals surface area contributed by atoms with E-state index in [2.05, 4.69) is 74.4 Å². The van der Waals surface area contributed by atoms with Gasteiger partial charge in [0, 0.05) is 73.5 Å². The summed E-state index contributed by atoms with van der Waals surface area (Å²) in [4.78, 5) is 182. The molecule has 3 aliphatic heterocycles. The number of primary amides is 2. The summed E-state index contributed by atoms with van der Waals surface area (Å²) in [5.41, 5.74) is 21.9. The third-order valence-electron chi connectivity index (χ3n) is 18.3. The number of esters is 1. The summed E-state index contributed by atoms with van der Waals surface area (Å²) in [5.74, 6) is -13.4. The number of phenolic OH excluding ortho intramolecular Hbond substituents is 2. The lowest BCUT2D eigenvalue weighted by Gasteiger charge is -2.36. The van der Waals surface area contributed by atoms with Crippen molar-refractivity contribution in [2.45, 2.75) is 192 Å². The zero-order valence-electron chi connectivity index (χ0n) is 62.8. The molecule has 10 atom stereocenters. The predicted octanol–water partition coefficient (Wildman–Crippen LogP) is -1.31. The van der Waals surface area contributed by atoms with Crippen LogP contribution in [-0.2, 0) is 67.9 Å². The topological polar surface area (TPSA) is 601 Å². The highest BCUT2D eigenvalue weighted by Crippen LogP contribution is 2.57. The number of hydrogen-bond acceptors (Lipinski definition) is 21. The highest BCUT2D eigenvalue weighted by atomic mass is 32.1. The number of ether oxygens (including phenoxy) is 2. The van der Waals surface area contributed by atoms with Crippen molar-refractivity contribution in [2.75, 3.05) is 31.5 Å². The first-order valence-electron chi connectivity index (χ1n) is 36.4. The molecule has 1 fully saturated rings. The van der Waals surface area contributed by atoms with Gasteiger partial charge in [-0.3, -0.25) is 68.4 Å². The fourth-order valence-electron chi connectivity index (χ4n) is 12.6. The molecule has 0 aliphatic carbocycles. The molecule has 3 heterocycles. The van der Waals surface area contributed by atoms with Crippen molar-refractivity contribution in [3.8, 4) is 23.0 Å². The van der Waals surface area contributed by atoms with Crippen molar-refractivity contribution in [3.05, 3.63) is 76.9 Å². The Labute approximate surface area is 641 Å². The number of phenols is 2. The highest BCUT2D eigenvalue weighted by molar-refractivity contribution is 7.80. The Bertz CT molecular complexity index is 3900. The van der Waals surface area contributed by atoms with Crippen LogP contribution < -0.4 is 102 Å². The minimum atomic E-state index is -1.80. The average Bonchev–Trinajstić information content (AvgIpc) is 1.50. The molecule has 38 heteroatoms. The third-order valence-corrected chi connectivity index (χ3v) is 18.5. The Kier molecular flexibility index (Phi) is 32.3. The molecule has 1 spiro atoms. The maximum atomic E-state index is 15.0. The van der Waals surface area contributed by atoms with E-state index < -0.39 is 162 Å². The van der Waals surface area contributed by atoms with E-state index in [9.17, 15) is 72.5 Å². The summed E-state index contributed by atoms with van der Waals surface area (Å²) in [5, 5.41) is 73.1. The quantitative estimate of drug-likeness (QED) is 0.0107. The van der Waals surface area contributed by atoms with Crippen molar-refractivity contribution in [1.82, 2.24) is 69.1 Å². The van der Waals surface area contributed by atoms with E-state index in [1.165, 1.54) is 30.3 Å². The van der Waals surface area contributed by atoms with E-state index in [0.29, 0.717) is 23.1 Å². The number of fused-ring (bicyclic) bond motifs is 6. The summed E-state index contributed by atoms with van der Waals surface area (Å²) in [6, 6.07) is 0.235. The van der Waals surface area contributed by atoms with Crippen LogP contribution in [0.5, 0.6) is 23.0 Å². The first-order chi connectivity index (χ1) is 51.9. The van der Waals surface area contributed by atoms with Crippen LogP contribution in [0.3, 0.4) is 0 Å². The Hall–Kier alpha value is -11.4. The first-order valence-corrected chi connectivity index (χ1v) is 36.8. The molecule has 0 saturated carbocycles. The molecule has 3 aliphatic rings. The van der Waals surface area contributed by atoms with Crippen LogP contribution in [0.1, 0.15) is 159 Å². The van der Waals surface area contributed by atoms with Gasteiger partial charge in [-0.1, -0.05) is 67.9 Å². The van der Waals surface area contributed by atoms with Gasteiger partial charge in [0.1, 0.15) is 71.3 Å². The minimum absolute atomic E-state index is 0.00236. The summed E-state index contributed by atoms with van der Waals surface area (Å²) in [6.45, 7) is 13.1. The van der Waals surface area contributed by atoms with E-state index in [1.54, 1.807) is 79.7 Å². The lowest BCUT2D eigenvalue weighted by molar-refractivity contribution is -0.137. The van der Waals surface area contributed by atoms with Crippen molar-refractivity contribution < 1.29 is 82.0 Å². The number of thiocarbonyl (C=S) groups is 1. The molecular formula is C72H104N20O17S. The predicted molar refractivity (Wildman–Crippen MR) is 406 cm³/mol. The fourth-order valence-corrected chi connectivity index (χ4v) is 12.8. The lowest BCUT2D eigenvalue weighted by Crippen LogP contribution is -2.63. The number of nitrogens with two attached hydrogens (primary N) is 4. The molecule has 600 valence electrons. The van der Waals surface area contributed by atoms with E-state index in [4.69, 9.17) is 55.4 Å². The van der Waals surface area contributed by atoms with E-state index >= 15 is 0 Å². The van der Waals surface area contributed by atoms with Gasteiger partial charge in [0.2, 0.25) is 70.9 Å². The van der Waals surface area contributed by atoms with Gasteiger partial charge < -0.3 is 117 Å². The molecular weight excluding hydrogens is 1450 g/mol. The standard InChI is InChI=1S/C72H104N20O17S/c1-9-37(8)58-67(106)89-50(28-36(6)7)65(104)90-52(66(105)85-47(13-11-24-81-70(77)78)62(101)86-49(27-35(4)5)64(103)87-48(26-34(2)3)63(102)84-45(59(74)98)20-21-55(73)95)33-82-60(99)51(32-57(97)91-58)88-61(100)46(12-10-23-80-69(75)76)79-25-22-56(96)92-71(110)83-38-14-17-42-41(29-38)68(107)109-72(42)43-18-15-39(93)30-53(43)108-54-31-40(94)16-19-44(54)72/h14-19,29-31,34-37,45-52,58,79,93-94H,9-13,20-28,32-33H2,1-8H3,(H2,73,95)(H2,74,98)(H,82,99)(H,84,102)(H,85,105)(H,86,101)(H,87,103)(H,88,100)(H,89,106)(H,90,104)(H,91,97)(H4,75,76,80)(H4,77,78,81)(H2,83,92,96,110)/t37-,45-,46-,47-,48-,49-,50-,51-,52?,58-/m0/s1. The SMILES string of the molecule is CC[C@H](C)[C@@H]1NC(=O)C[C@H](NC(=O)[C@H](CCCNC(=N)N)NCCC(=O)NC(=S)Nc2ccc3c(c2)C(=O)OC32c3ccc(O)cc3Oc3cc(O)ccc32)C(=O)NCC(C(=O)N[C@@H](CCCNC(=N)N)C(=O)N[C@@H](CC(C)C)C(=O)N[C@@H](CC(C)C)C(=O)N[C@@H](CCC(N)=O)C(N)=O)NC(=O)[C@H](CC(C)C)NC1=O. The van der Waals surface area contributed by atoms with Crippen LogP contribution in [0.25, 0.3) is 0 Å². The molecule has 1 saturated heterocycles. The molecule has 0 aromatic heterocycles. The van der Waals surface area contributed by atoms with Gasteiger partial charge in [-0.2, -0.15) is 0 Å². The number of rotatable bonds is 35. The number of guanidine groups is 2. The minimum Gasteiger partial charge on any atom is -0.508 e. The van der Waals surface area contributed by atoms with Crippen LogP contribution in [0.4, 0.5) is 5.69 Å². The number of hydrogen-bond donors (Lipinski definition) is 22. The lowest BCUT2D eigenvalue weighted by atomic mass is 9.77. The van der Waals surface area contributed by atoms with Gasteiger partial charge in [0.05, 0.1) is 18.0 Å². The van der Waals surface area contributed by atoms with E-state index in [0.717, 1.165) is 0 Å². The number of amides is 12. The third kappa shape index (κ3) is 25.3.